The van der Waals surface area contributed by atoms with Crippen LogP contribution in [0.4, 0.5) is 20.3 Å². The molecule has 0 spiro atoms. The zero-order valence-electron chi connectivity index (χ0n) is 24.4. The van der Waals surface area contributed by atoms with Gasteiger partial charge in [0.15, 0.2) is 0 Å². The van der Waals surface area contributed by atoms with Crippen LogP contribution in [0.15, 0.2) is 35.1 Å². The van der Waals surface area contributed by atoms with E-state index in [1.54, 1.807) is 80.6 Å². The van der Waals surface area contributed by atoms with E-state index >= 15 is 0 Å². The molecule has 0 saturated carbocycles. The summed E-state index contributed by atoms with van der Waals surface area (Å²) in [5, 5.41) is 0. The number of nitrogens with zero attached hydrogens (tertiary/aromatic N) is 4. The number of ether oxygens (including phenoxy) is 4. The average Bonchev–Trinajstić information content (AvgIpc) is 3.14. The Balaban J connectivity index is 2.28. The first-order chi connectivity index (χ1) is 18.3. The van der Waals surface area contributed by atoms with Gasteiger partial charge < -0.3 is 18.9 Å². The summed E-state index contributed by atoms with van der Waals surface area (Å²) >= 11 is 3.48. The van der Waals surface area contributed by atoms with Crippen LogP contribution in [-0.2, 0) is 14.2 Å². The third-order valence-corrected chi connectivity index (χ3v) is 5.35. The Morgan fingerprint density at radius 1 is 0.850 bits per heavy atom. The molecule has 3 rings (SSSR count). The number of fused-ring (bicyclic) bond motifs is 1. The molecule has 3 aromatic rings. The predicted octanol–water partition coefficient (Wildman–Crippen LogP) is 7.33. The SMILES string of the molecule is COc1cc(Br)cc(-c2cn(C(=O)OC(C)(C)C)c3cnc(N(C(=O)OC(C)(C)C)C(=O)OC(C)(C)C)nc23)c1. The number of carbonyl (C=O) groups excluding carboxylic acids is 3. The first-order valence-corrected chi connectivity index (χ1v) is 13.3. The lowest BCUT2D eigenvalue weighted by Gasteiger charge is -2.27. The van der Waals surface area contributed by atoms with Crippen molar-refractivity contribution in [3.8, 4) is 16.9 Å². The van der Waals surface area contributed by atoms with Crippen molar-refractivity contribution in [2.24, 2.45) is 0 Å². The van der Waals surface area contributed by atoms with Gasteiger partial charge in [0.1, 0.15) is 28.1 Å². The van der Waals surface area contributed by atoms with Crippen LogP contribution in [0, 0.1) is 0 Å². The van der Waals surface area contributed by atoms with Crippen molar-refractivity contribution < 1.29 is 33.3 Å². The van der Waals surface area contributed by atoms with Crippen LogP contribution in [0.3, 0.4) is 0 Å². The smallest absolute Gasteiger partial charge is 0.427 e. The first-order valence-electron chi connectivity index (χ1n) is 12.5. The second-order valence-corrected chi connectivity index (χ2v) is 12.9. The Morgan fingerprint density at radius 2 is 1.40 bits per heavy atom. The van der Waals surface area contributed by atoms with Crippen LogP contribution >= 0.6 is 15.9 Å². The van der Waals surface area contributed by atoms with Gasteiger partial charge in [-0.25, -0.2) is 28.9 Å². The van der Waals surface area contributed by atoms with E-state index in [-0.39, 0.29) is 11.5 Å². The molecular formula is C28H35BrN4O7. The number of methoxy groups -OCH3 is 1. The Hall–Kier alpha value is -3.67. The van der Waals surface area contributed by atoms with E-state index in [1.807, 2.05) is 6.07 Å². The highest BCUT2D eigenvalue weighted by Gasteiger charge is 2.35. The molecular weight excluding hydrogens is 584 g/mol. The number of hydrogen-bond donors (Lipinski definition) is 0. The van der Waals surface area contributed by atoms with Crippen molar-refractivity contribution in [1.29, 1.82) is 0 Å². The zero-order valence-corrected chi connectivity index (χ0v) is 26.0. The maximum absolute atomic E-state index is 13.2. The quantitative estimate of drug-likeness (QED) is 0.277. The Bertz CT molecular complexity index is 1420. The lowest BCUT2D eigenvalue weighted by molar-refractivity contribution is 0.0425. The third-order valence-electron chi connectivity index (χ3n) is 4.89. The molecule has 0 fully saturated rings. The van der Waals surface area contributed by atoms with Crippen molar-refractivity contribution in [3.63, 3.8) is 0 Å². The number of anilines is 1. The molecule has 0 aliphatic heterocycles. The average molecular weight is 620 g/mol. The fraction of sp³-hybridized carbons (Fsp3) is 0.464. The van der Waals surface area contributed by atoms with Gasteiger partial charge in [-0.05, 0) is 86.1 Å². The van der Waals surface area contributed by atoms with Gasteiger partial charge in [-0.15, -0.1) is 4.90 Å². The minimum absolute atomic E-state index is 0.271. The number of imide groups is 1. The molecule has 1 aromatic carbocycles. The van der Waals surface area contributed by atoms with Gasteiger partial charge in [0.05, 0.1) is 18.8 Å². The Labute approximate surface area is 241 Å². The zero-order chi connectivity index (χ0) is 30.2. The summed E-state index contributed by atoms with van der Waals surface area (Å²) in [7, 11) is 1.54. The van der Waals surface area contributed by atoms with E-state index in [2.05, 4.69) is 25.9 Å². The summed E-state index contributed by atoms with van der Waals surface area (Å²) < 4.78 is 23.9. The topological polar surface area (TPSA) is 122 Å². The van der Waals surface area contributed by atoms with E-state index in [9.17, 15) is 14.4 Å². The Morgan fingerprint density at radius 3 is 1.90 bits per heavy atom. The van der Waals surface area contributed by atoms with E-state index in [0.29, 0.717) is 27.3 Å². The number of rotatable bonds is 3. The lowest BCUT2D eigenvalue weighted by Crippen LogP contribution is -2.44. The van der Waals surface area contributed by atoms with E-state index in [1.165, 1.54) is 17.9 Å². The molecule has 0 radical (unpaired) electrons. The highest BCUT2D eigenvalue weighted by Crippen LogP contribution is 2.35. The fourth-order valence-corrected chi connectivity index (χ4v) is 3.94. The van der Waals surface area contributed by atoms with Crippen molar-refractivity contribution in [2.45, 2.75) is 79.1 Å². The molecule has 0 aliphatic rings. The second kappa shape index (κ2) is 11.1. The third kappa shape index (κ3) is 7.71. The minimum Gasteiger partial charge on any atom is -0.497 e. The predicted molar refractivity (Wildman–Crippen MR) is 154 cm³/mol. The van der Waals surface area contributed by atoms with Crippen LogP contribution in [0.2, 0.25) is 0 Å². The van der Waals surface area contributed by atoms with Crippen molar-refractivity contribution in [2.75, 3.05) is 12.0 Å². The summed E-state index contributed by atoms with van der Waals surface area (Å²) in [4.78, 5) is 49.0. The van der Waals surface area contributed by atoms with Crippen molar-refractivity contribution >= 4 is 51.2 Å². The van der Waals surface area contributed by atoms with Gasteiger partial charge in [0, 0.05) is 16.2 Å². The van der Waals surface area contributed by atoms with Gasteiger partial charge in [-0.3, -0.25) is 0 Å². The van der Waals surface area contributed by atoms with Crippen molar-refractivity contribution in [3.05, 3.63) is 35.1 Å². The van der Waals surface area contributed by atoms with Gasteiger partial charge in [-0.1, -0.05) is 15.9 Å². The van der Waals surface area contributed by atoms with Crippen LogP contribution in [0.5, 0.6) is 5.75 Å². The number of amides is 2. The highest BCUT2D eigenvalue weighted by atomic mass is 79.9. The second-order valence-electron chi connectivity index (χ2n) is 12.0. The van der Waals surface area contributed by atoms with Crippen LogP contribution < -0.4 is 9.64 Å². The molecule has 0 aliphatic carbocycles. The number of hydrogen-bond acceptors (Lipinski definition) is 9. The highest BCUT2D eigenvalue weighted by molar-refractivity contribution is 9.10. The maximum atomic E-state index is 13.2. The van der Waals surface area contributed by atoms with Gasteiger partial charge in [-0.2, -0.15) is 0 Å². The van der Waals surface area contributed by atoms with E-state index < -0.39 is 35.1 Å². The monoisotopic (exact) mass is 618 g/mol. The van der Waals surface area contributed by atoms with Gasteiger partial charge in [0.25, 0.3) is 0 Å². The summed E-state index contributed by atoms with van der Waals surface area (Å²) in [6.07, 6.45) is 0.209. The lowest BCUT2D eigenvalue weighted by atomic mass is 10.1. The number of carbonyl (C=O) groups is 3. The molecule has 0 unspecified atom stereocenters. The molecule has 0 N–H and O–H groups in total. The summed E-state index contributed by atoms with van der Waals surface area (Å²) in [6, 6.07) is 5.36. The summed E-state index contributed by atoms with van der Waals surface area (Å²) in [5.41, 5.74) is -0.896. The number of benzene rings is 1. The molecule has 40 heavy (non-hydrogen) atoms. The molecule has 216 valence electrons. The molecule has 11 nitrogen and oxygen atoms in total. The molecule has 2 heterocycles. The summed E-state index contributed by atoms with van der Waals surface area (Å²) in [5.74, 6) is 0.266. The van der Waals surface area contributed by atoms with Crippen LogP contribution in [0.25, 0.3) is 22.2 Å². The maximum Gasteiger partial charge on any atom is 0.427 e. The minimum atomic E-state index is -1.02. The van der Waals surface area contributed by atoms with Crippen molar-refractivity contribution in [1.82, 2.24) is 14.5 Å². The molecule has 2 aromatic heterocycles. The normalized spacial score (nSPS) is 12.2. The molecule has 12 heteroatoms. The van der Waals surface area contributed by atoms with Gasteiger partial charge >= 0.3 is 18.3 Å². The Kier molecular flexibility index (Phi) is 8.54. The number of aromatic nitrogens is 3. The molecule has 0 bridgehead atoms. The molecule has 2 amide bonds. The number of halogens is 1. The molecule has 0 saturated heterocycles. The van der Waals surface area contributed by atoms with E-state index in [0.717, 1.165) is 4.47 Å². The first kappa shape index (κ1) is 30.9. The van der Waals surface area contributed by atoms with Crippen LogP contribution in [-0.4, -0.2) is 56.7 Å². The van der Waals surface area contributed by atoms with E-state index in [4.69, 9.17) is 18.9 Å². The fourth-order valence-electron chi connectivity index (χ4n) is 3.47. The summed E-state index contributed by atoms with van der Waals surface area (Å²) in [6.45, 7) is 15.3. The van der Waals surface area contributed by atoms with Crippen LogP contribution in [0.1, 0.15) is 62.3 Å². The largest absolute Gasteiger partial charge is 0.497 e. The standard InChI is InChI=1S/C28H35BrN4O7/c1-26(2,3)38-23(34)32-15-19(16-11-17(29)13-18(12-16)37-10)21-20(32)14-30-22(31-21)33(24(35)39-27(4,5)6)25(36)40-28(7,8)9/h11-15H,1-10H3. The molecule has 0 atom stereocenters. The van der Waals surface area contributed by atoms with Gasteiger partial charge in [0.2, 0.25) is 5.95 Å².